The Morgan fingerprint density at radius 2 is 1.60 bits per heavy atom. The monoisotopic (exact) mass is 806 g/mol. The maximum atomic E-state index is 13.5. The van der Waals surface area contributed by atoms with Gasteiger partial charge in [-0.25, -0.2) is 4.79 Å². The predicted octanol–water partition coefficient (Wildman–Crippen LogP) is 8.14. The molecule has 5 fully saturated rings. The number of carbonyl (C=O) groups excluding carboxylic acids is 5. The zero-order valence-electron chi connectivity index (χ0n) is 35.3. The molecule has 5 aliphatic carbocycles. The third-order valence-electron chi connectivity index (χ3n) is 15.6. The molecule has 0 heterocycles. The minimum Gasteiger partial charge on any atom is -0.489 e. The quantitative estimate of drug-likeness (QED) is 0.0615. The van der Waals surface area contributed by atoms with Gasteiger partial charge in [0.25, 0.3) is 19.4 Å². The van der Waals surface area contributed by atoms with Crippen molar-refractivity contribution >= 4 is 31.4 Å². The maximum Gasteiger partial charge on any atom is 0.330 e. The maximum absolute atomic E-state index is 13.5. The van der Waals surface area contributed by atoms with Crippen LogP contribution < -0.4 is 4.74 Å². The van der Waals surface area contributed by atoms with Crippen LogP contribution in [0.1, 0.15) is 124 Å². The number of rotatable bonds is 18. The molecule has 0 amide bonds. The molecule has 13 atom stereocenters. The number of esters is 2. The van der Waals surface area contributed by atoms with Crippen molar-refractivity contribution in [1.82, 2.24) is 0 Å². The molecule has 0 saturated heterocycles. The fraction of sp³-hybridized carbons (Fsp3) is 0.723. The van der Waals surface area contributed by atoms with Gasteiger partial charge in [0.1, 0.15) is 36.8 Å². The Morgan fingerprint density at radius 1 is 0.862 bits per heavy atom. The molecule has 11 heteroatoms. The Labute approximate surface area is 344 Å². The largest absolute Gasteiger partial charge is 0.489 e. The van der Waals surface area contributed by atoms with E-state index in [-0.39, 0.29) is 88.6 Å². The van der Waals surface area contributed by atoms with Crippen molar-refractivity contribution < 1.29 is 52.4 Å². The lowest BCUT2D eigenvalue weighted by atomic mass is 9.43. The summed E-state index contributed by atoms with van der Waals surface area (Å²) in [6.07, 6.45) is 12.4. The number of fused-ring (bicyclic) bond motifs is 5. The summed E-state index contributed by atoms with van der Waals surface area (Å²) in [5.41, 5.74) is 1.57. The number of ether oxygens (including phenoxy) is 6. The van der Waals surface area contributed by atoms with Crippen LogP contribution in [-0.2, 0) is 54.1 Å². The molecule has 0 aromatic heterocycles. The number of benzene rings is 1. The summed E-state index contributed by atoms with van der Waals surface area (Å²) in [4.78, 5) is 60.5. The molecule has 6 rings (SSSR count). The van der Waals surface area contributed by atoms with E-state index in [0.29, 0.717) is 51.9 Å². The molecule has 0 bridgehead atoms. The highest BCUT2D eigenvalue weighted by Crippen LogP contribution is 2.69. The normalized spacial score (nSPS) is 36.1. The van der Waals surface area contributed by atoms with Crippen LogP contribution in [0, 0.1) is 52.3 Å². The van der Waals surface area contributed by atoms with E-state index >= 15 is 0 Å². The van der Waals surface area contributed by atoms with Crippen LogP contribution >= 0.6 is 0 Å². The van der Waals surface area contributed by atoms with Crippen molar-refractivity contribution in [3.8, 4) is 5.75 Å². The van der Waals surface area contributed by atoms with Gasteiger partial charge in [-0.15, -0.1) is 0 Å². The van der Waals surface area contributed by atoms with E-state index in [1.54, 1.807) is 6.92 Å². The van der Waals surface area contributed by atoms with E-state index in [2.05, 4.69) is 32.9 Å². The van der Waals surface area contributed by atoms with Gasteiger partial charge in [-0.2, -0.15) is 0 Å². The van der Waals surface area contributed by atoms with Crippen molar-refractivity contribution in [2.45, 2.75) is 149 Å². The van der Waals surface area contributed by atoms with Crippen LogP contribution in [0.25, 0.3) is 0 Å². The van der Waals surface area contributed by atoms with Crippen LogP contribution in [0.2, 0.25) is 0 Å². The molecule has 0 radical (unpaired) electrons. The van der Waals surface area contributed by atoms with Crippen LogP contribution in [0.5, 0.6) is 5.75 Å². The first kappa shape index (κ1) is 43.7. The Kier molecular flexibility index (Phi) is 14.6. The second-order valence-electron chi connectivity index (χ2n) is 18.6. The van der Waals surface area contributed by atoms with Crippen molar-refractivity contribution in [3.05, 3.63) is 41.5 Å². The van der Waals surface area contributed by atoms with E-state index in [9.17, 15) is 24.0 Å². The van der Waals surface area contributed by atoms with Gasteiger partial charge in [0.15, 0.2) is 0 Å². The first-order valence-electron chi connectivity index (χ1n) is 22.0. The van der Waals surface area contributed by atoms with Crippen molar-refractivity contribution in [2.24, 2.45) is 52.3 Å². The zero-order valence-corrected chi connectivity index (χ0v) is 35.3. The Balaban J connectivity index is 1.06. The summed E-state index contributed by atoms with van der Waals surface area (Å²) in [7, 11) is 0. The van der Waals surface area contributed by atoms with Crippen LogP contribution in [-0.4, -0.2) is 69.0 Å². The molecular weight excluding hydrogens is 741 g/mol. The van der Waals surface area contributed by atoms with E-state index in [1.807, 2.05) is 19.1 Å². The third kappa shape index (κ3) is 9.44. The lowest BCUT2D eigenvalue weighted by Crippen LogP contribution is -2.63. The predicted molar refractivity (Wildman–Crippen MR) is 215 cm³/mol. The highest BCUT2D eigenvalue weighted by molar-refractivity contribution is 5.82. The topological polar surface area (TPSA) is 141 Å². The fourth-order valence-electron chi connectivity index (χ4n) is 12.7. The average Bonchev–Trinajstić information content (AvgIpc) is 3.56. The summed E-state index contributed by atoms with van der Waals surface area (Å²) in [5, 5.41) is 0. The van der Waals surface area contributed by atoms with E-state index < -0.39 is 0 Å². The molecule has 58 heavy (non-hydrogen) atoms. The summed E-state index contributed by atoms with van der Waals surface area (Å²) < 4.78 is 34.5. The first-order chi connectivity index (χ1) is 27.9. The minimum atomic E-state index is -0.369. The SMILES string of the molecule is CCOC(=O)/C=C(/C)COc1ccc(C[C@@H]2CCCC[C@H]2OC(=O)CC[C@@H](C)[C@H]2CC[C@H]3[C@@H]4[C@H](OC=O)C[C@@H]5C[C@H](OC=O)CC[C@]5(C)[C@H]4C[C@H](OC=O)[C@]23C)cc1. The number of hydrogen-bond acceptors (Lipinski definition) is 11. The molecule has 0 aliphatic heterocycles. The number of carbonyl (C=O) groups is 5. The summed E-state index contributed by atoms with van der Waals surface area (Å²) in [6.45, 7) is 12.9. The average molecular weight is 807 g/mol. The van der Waals surface area contributed by atoms with Gasteiger partial charge >= 0.3 is 11.9 Å². The molecule has 1 aromatic carbocycles. The lowest BCUT2D eigenvalue weighted by molar-refractivity contribution is -0.218. The summed E-state index contributed by atoms with van der Waals surface area (Å²) >= 11 is 0. The third-order valence-corrected chi connectivity index (χ3v) is 15.6. The Morgan fingerprint density at radius 3 is 2.33 bits per heavy atom. The molecule has 5 aliphatic rings. The van der Waals surface area contributed by atoms with Crippen molar-refractivity contribution in [3.63, 3.8) is 0 Å². The summed E-state index contributed by atoms with van der Waals surface area (Å²) in [6, 6.07) is 8.02. The smallest absolute Gasteiger partial charge is 0.330 e. The zero-order chi connectivity index (χ0) is 41.5. The standard InChI is InChI=1S/C47H66O11/c1-6-53-44(52)21-30(2)26-54-35-14-12-32(13-15-35)22-33-9-7-8-10-40(33)58-43(51)18-11-31(3)37-16-17-38-45-39(25-42(57-29-50)47(37,38)5)46(4)20-19-36(55-27-48)23-34(46)24-41(45)56-28-49/h12-15,21,27-29,31,33-34,36-42,45H,6-11,16-20,22-26H2,1-5H3/b30-21-/t31-,33+,34+,36-,37-,38+,39+,40-,41-,42+,45+,46+,47-/m1/s1. The highest BCUT2D eigenvalue weighted by atomic mass is 16.6. The molecule has 0 unspecified atom stereocenters. The van der Waals surface area contributed by atoms with Gasteiger partial charge in [0, 0.05) is 23.8 Å². The molecule has 5 saturated carbocycles. The van der Waals surface area contributed by atoms with Gasteiger partial charge in [0.2, 0.25) is 0 Å². The fourth-order valence-corrected chi connectivity index (χ4v) is 12.7. The van der Waals surface area contributed by atoms with Gasteiger partial charge in [0.05, 0.1) is 6.61 Å². The van der Waals surface area contributed by atoms with Gasteiger partial charge in [-0.3, -0.25) is 19.2 Å². The Bertz CT molecular complexity index is 1610. The van der Waals surface area contributed by atoms with E-state index in [4.69, 9.17) is 28.4 Å². The van der Waals surface area contributed by atoms with Gasteiger partial charge < -0.3 is 28.4 Å². The molecule has 11 nitrogen and oxygen atoms in total. The second-order valence-corrected chi connectivity index (χ2v) is 18.6. The van der Waals surface area contributed by atoms with Gasteiger partial charge in [-0.1, -0.05) is 39.3 Å². The number of hydrogen-bond donors (Lipinski definition) is 0. The summed E-state index contributed by atoms with van der Waals surface area (Å²) in [5.74, 6) is 1.64. The second kappa shape index (κ2) is 19.4. The van der Waals surface area contributed by atoms with E-state index in [1.165, 1.54) is 11.6 Å². The van der Waals surface area contributed by atoms with Crippen LogP contribution in [0.4, 0.5) is 0 Å². The van der Waals surface area contributed by atoms with E-state index in [0.717, 1.165) is 82.0 Å². The lowest BCUT2D eigenvalue weighted by Gasteiger charge is -2.64. The van der Waals surface area contributed by atoms with Crippen molar-refractivity contribution in [1.29, 1.82) is 0 Å². The van der Waals surface area contributed by atoms with Crippen LogP contribution in [0.3, 0.4) is 0 Å². The van der Waals surface area contributed by atoms with Crippen LogP contribution in [0.15, 0.2) is 35.9 Å². The minimum absolute atomic E-state index is 0.0470. The molecule has 320 valence electrons. The van der Waals surface area contributed by atoms with Crippen molar-refractivity contribution in [2.75, 3.05) is 13.2 Å². The molecule has 1 aromatic rings. The first-order valence-corrected chi connectivity index (χ1v) is 22.0. The Hall–Kier alpha value is -3.89. The molecular formula is C47H66O11. The molecule has 0 N–H and O–H groups in total. The van der Waals surface area contributed by atoms with Gasteiger partial charge in [-0.05, 0) is 155 Å². The highest BCUT2D eigenvalue weighted by Gasteiger charge is 2.67. The molecule has 0 spiro atoms.